The number of amides is 8. The van der Waals surface area contributed by atoms with Crippen LogP contribution in [0.2, 0.25) is 0 Å². The lowest BCUT2D eigenvalue weighted by atomic mass is 9.39. The number of ether oxygens (including phenoxy) is 14. The van der Waals surface area contributed by atoms with Crippen molar-refractivity contribution in [3.63, 3.8) is 0 Å². The minimum Gasteiger partial charge on any atom is -0.479 e. The monoisotopic (exact) mass is 2080 g/mol. The van der Waals surface area contributed by atoms with Gasteiger partial charge in [-0.1, -0.05) is 69.4 Å². The lowest BCUT2D eigenvalue weighted by Crippen LogP contribution is -2.64. The van der Waals surface area contributed by atoms with Crippen molar-refractivity contribution in [3.8, 4) is 11.1 Å². The van der Waals surface area contributed by atoms with Gasteiger partial charge in [0.15, 0.2) is 16.9 Å². The summed E-state index contributed by atoms with van der Waals surface area (Å²) in [6.45, 7) is 17.8. The molecule has 4 aliphatic carbocycles. The molecular weight excluding hydrogens is 1950 g/mol. The number of carboxylic acid groups (broad SMARTS) is 2. The number of hydrogen-bond donors (Lipinski definition) is 10. The Hall–Kier alpha value is -10.6. The lowest BCUT2D eigenvalue weighted by Gasteiger charge is -2.69. The van der Waals surface area contributed by atoms with E-state index in [4.69, 9.17) is 76.4 Å². The van der Waals surface area contributed by atoms with Crippen molar-refractivity contribution in [1.82, 2.24) is 45.1 Å². The van der Waals surface area contributed by atoms with Gasteiger partial charge >= 0.3 is 18.0 Å². The van der Waals surface area contributed by atoms with Crippen molar-refractivity contribution < 1.29 is 153 Å². The molecule has 13 rings (SSSR count). The Morgan fingerprint density at radius 1 is 0.623 bits per heavy atom. The van der Waals surface area contributed by atoms with E-state index in [0.29, 0.717) is 184 Å². The number of carbonyl (C=O) groups is 10. The molecular formula is C100H138N12O32S2. The van der Waals surface area contributed by atoms with Crippen molar-refractivity contribution in [1.29, 1.82) is 0 Å². The molecule has 9 atom stereocenters. The molecule has 8 amide bonds. The average Bonchev–Trinajstić information content (AvgIpc) is 0.836. The molecule has 2 unspecified atom stereocenters. The van der Waals surface area contributed by atoms with E-state index in [1.807, 2.05) is 52.9 Å². The Balaban J connectivity index is 0.605. The average molecular weight is 2080 g/mol. The van der Waals surface area contributed by atoms with E-state index in [1.54, 1.807) is 45.4 Å². The number of nitrogens with one attached hydrogen (secondary N) is 4. The molecule has 10 N–H and O–H groups in total. The number of aliphatic hydroxyl groups excluding tert-OH is 3. The van der Waals surface area contributed by atoms with E-state index in [2.05, 4.69) is 40.1 Å². The van der Waals surface area contributed by atoms with Crippen molar-refractivity contribution in [2.24, 2.45) is 22.2 Å². The van der Waals surface area contributed by atoms with Gasteiger partial charge in [0.2, 0.25) is 23.6 Å². The van der Waals surface area contributed by atoms with Crippen molar-refractivity contribution >= 4 is 108 Å². The van der Waals surface area contributed by atoms with Gasteiger partial charge in [-0.3, -0.25) is 53.0 Å². The maximum absolute atomic E-state index is 14.5. The van der Waals surface area contributed by atoms with E-state index >= 15 is 0 Å². The second kappa shape index (κ2) is 54.6. The maximum Gasteiger partial charge on any atom is 0.410 e. The summed E-state index contributed by atoms with van der Waals surface area (Å²) in [4.78, 5) is 149. The van der Waals surface area contributed by atoms with Crippen LogP contribution >= 0.6 is 11.3 Å². The minimum atomic E-state index is -4.67. The van der Waals surface area contributed by atoms with Gasteiger partial charge in [-0.25, -0.2) is 24.4 Å². The van der Waals surface area contributed by atoms with Crippen LogP contribution in [-0.4, -0.2) is 378 Å². The third-order valence-corrected chi connectivity index (χ3v) is 28.2. The standard InChI is InChI=1S/C100H138N12O32S2/c1-65(2)84(106-80(113)24-26-108(83(116)56-111-81(114)21-22-82(111)115)27-30-132-34-35-134-38-39-136-42-43-138-46-47-140-50-51-141-49-48-139-45-44-137-41-40-135-37-36-133-33-32-131-7)92(122)102-66(3)90(120)103-71-17-15-70(69(53-71)16-19-77-86(117)87(118)88(119)89(144-77)94(125)126)57-142-96(127)109(29-52-146(128,129)130)28-31-143-100-61-97(5)58-98(6,62-100)60-99(59-97,63-100)64-112-67(4)74(54-101-112)72-18-20-79(105-85(72)93(123)124)110-25-23-68-11-10-12-73(75(68)55-110)91(121)107-95-104-76-13-8-9-14-78(76)145-95/h8-15,17-18,20-22,53-54,65-66,77,84,86-89,117-119H,16,19,23-52,55-64H2,1-7H3,(H,102,122)(H,103,120)(H,106,113)(H,123,124)(H,125,126)(H,104,107,121)(H,128,129,130)/t66-,77-,84-,86-,87+,88-,89-,97?,98?,99?,100?/m0/s1. The smallest absolute Gasteiger partial charge is 0.410 e. The number of aromatic carboxylic acids is 1. The number of pyridine rings is 1. The van der Waals surface area contributed by atoms with Crippen LogP contribution in [0.1, 0.15) is 135 Å². The van der Waals surface area contributed by atoms with Gasteiger partial charge in [-0.2, -0.15) is 13.5 Å². The van der Waals surface area contributed by atoms with Crippen LogP contribution in [0.5, 0.6) is 0 Å². The molecule has 44 nitrogen and oxygen atoms in total. The number of carboxylic acids is 2. The van der Waals surface area contributed by atoms with Crippen LogP contribution in [0.25, 0.3) is 21.3 Å². The molecule has 4 bridgehead atoms. The third-order valence-electron chi connectivity index (χ3n) is 26.6. The van der Waals surface area contributed by atoms with Crippen LogP contribution in [0, 0.1) is 29.1 Å². The topological polar surface area (TPSA) is 560 Å². The van der Waals surface area contributed by atoms with Gasteiger partial charge in [0.05, 0.1) is 179 Å². The summed E-state index contributed by atoms with van der Waals surface area (Å²) in [6.07, 6.45) is -2.01. The first-order valence-electron chi connectivity index (χ1n) is 49.3. The highest BCUT2D eigenvalue weighted by Gasteiger charge is 2.66. The zero-order valence-electron chi connectivity index (χ0n) is 83.7. The largest absolute Gasteiger partial charge is 0.479 e. The normalized spacial score (nSPS) is 21.5. The summed E-state index contributed by atoms with van der Waals surface area (Å²) in [7, 11) is -3.05. The molecule has 0 radical (unpaired) electrons. The molecule has 7 aliphatic rings. The SMILES string of the molecule is COCCOCCOCCOCCOCCOCCOCCOCCOCCOCCOCCN(CCC(=O)N[C@H](C(=O)N[C@@H](C)C(=O)Nc1ccc(COC(=O)N(CCOC23CC4(C)CC(C)(CC(Cn5ncc(-c6ccc(N7CCc8cccc(C(=O)Nc9nc%10ccccc%10s9)c8C7)nc6C(=O)O)c5C)(C4)C2)C3)CCS(=O)(=O)O)c(CC[C@@H]2O[C@H](C(=O)O)[C@@H](O)[C@H](O)[C@H]2O)c1)C(C)C)C(=O)CN1C(=O)C=CC1=O. The Kier molecular flexibility index (Phi) is 42.7. The molecule has 3 aromatic carbocycles. The molecule has 4 saturated carbocycles. The molecule has 802 valence electrons. The zero-order chi connectivity index (χ0) is 105. The minimum absolute atomic E-state index is 0.0349. The van der Waals surface area contributed by atoms with Gasteiger partial charge in [0.25, 0.3) is 27.8 Å². The number of benzene rings is 3. The number of aliphatic carboxylic acids is 1. The predicted molar refractivity (Wildman–Crippen MR) is 528 cm³/mol. The molecule has 6 aromatic rings. The van der Waals surface area contributed by atoms with Crippen LogP contribution in [-0.2, 0) is 143 Å². The quantitative estimate of drug-likeness (QED) is 0.0129. The van der Waals surface area contributed by atoms with Crippen molar-refractivity contribution in [2.75, 3.05) is 213 Å². The highest BCUT2D eigenvalue weighted by atomic mass is 32.2. The molecule has 46 heteroatoms. The molecule has 1 saturated heterocycles. The van der Waals surface area contributed by atoms with E-state index in [-0.39, 0.29) is 118 Å². The van der Waals surface area contributed by atoms with E-state index in [0.717, 1.165) is 68.3 Å². The van der Waals surface area contributed by atoms with Gasteiger partial charge < -0.3 is 122 Å². The molecule has 5 fully saturated rings. The number of para-hydroxylation sites is 1. The number of hydrogen-bond acceptors (Lipinski definition) is 34. The number of carbonyl (C=O) groups excluding carboxylic acids is 8. The molecule has 6 heterocycles. The molecule has 146 heavy (non-hydrogen) atoms. The van der Waals surface area contributed by atoms with Crippen LogP contribution in [0.15, 0.2) is 91.1 Å². The summed E-state index contributed by atoms with van der Waals surface area (Å²) in [6, 6.07) is 18.7. The fourth-order valence-electron chi connectivity index (χ4n) is 20.5. The maximum atomic E-state index is 14.5. The molecule has 3 aliphatic heterocycles. The summed E-state index contributed by atoms with van der Waals surface area (Å²) in [5.74, 6) is -8.46. The number of fused-ring (bicyclic) bond motifs is 2. The summed E-state index contributed by atoms with van der Waals surface area (Å²) in [5.41, 5.74) is 3.73. The molecule has 0 spiro atoms. The Bertz CT molecular complexity index is 5500. The Labute approximate surface area is 851 Å². The first-order chi connectivity index (χ1) is 69.9. The third kappa shape index (κ3) is 33.0. The summed E-state index contributed by atoms with van der Waals surface area (Å²) in [5, 5.41) is 69.6. The van der Waals surface area contributed by atoms with Crippen LogP contribution < -0.4 is 26.2 Å². The first kappa shape index (κ1) is 114. The van der Waals surface area contributed by atoms with E-state index in [9.17, 15) is 86.4 Å². The van der Waals surface area contributed by atoms with Crippen LogP contribution in [0.4, 0.5) is 21.4 Å². The number of rotatable bonds is 64. The predicted octanol–water partition coefficient (Wildman–Crippen LogP) is 5.45. The number of aryl methyl sites for hydroxylation is 1. The second-order valence-electron chi connectivity index (χ2n) is 38.5. The fraction of sp³-hybridized carbons (Fsp3) is 0.610. The van der Waals surface area contributed by atoms with Gasteiger partial charge in [0, 0.05) is 99.6 Å². The summed E-state index contributed by atoms with van der Waals surface area (Å²) < 4.78 is 117. The van der Waals surface area contributed by atoms with Crippen molar-refractivity contribution in [2.45, 2.75) is 174 Å². The van der Waals surface area contributed by atoms with Gasteiger partial charge in [-0.15, -0.1) is 0 Å². The molecule has 3 aromatic heterocycles. The van der Waals surface area contributed by atoms with Crippen LogP contribution in [0.3, 0.4) is 0 Å². The second-order valence-corrected chi connectivity index (χ2v) is 41.2. The Morgan fingerprint density at radius 3 is 1.80 bits per heavy atom. The van der Waals surface area contributed by atoms with Gasteiger partial charge in [-0.05, 0) is 159 Å². The summed E-state index contributed by atoms with van der Waals surface area (Å²) >= 11 is 1.38. The fourth-order valence-corrected chi connectivity index (χ4v) is 21.8. The Morgan fingerprint density at radius 2 is 1.22 bits per heavy atom. The van der Waals surface area contributed by atoms with E-state index < -0.39 is 143 Å². The number of aliphatic hydroxyl groups is 3. The zero-order valence-corrected chi connectivity index (χ0v) is 85.3. The number of nitrogens with zero attached hydrogens (tertiary/aromatic N) is 8. The number of anilines is 3. The van der Waals surface area contributed by atoms with Crippen molar-refractivity contribution in [3.05, 3.63) is 130 Å². The number of aromatic nitrogens is 4. The van der Waals surface area contributed by atoms with E-state index in [1.165, 1.54) is 41.4 Å². The number of methoxy groups -OCH3 is 1. The highest BCUT2D eigenvalue weighted by Crippen LogP contribution is 2.72. The first-order valence-corrected chi connectivity index (χ1v) is 51.7. The highest BCUT2D eigenvalue weighted by molar-refractivity contribution is 7.85. The number of thiazole rings is 1. The number of imide groups is 1. The van der Waals surface area contributed by atoms with Gasteiger partial charge in [0.1, 0.15) is 49.4 Å². The lowest BCUT2D eigenvalue weighted by molar-refractivity contribution is -0.248.